The number of benzene rings is 1. The van der Waals surface area contributed by atoms with E-state index in [0.29, 0.717) is 24.7 Å². The minimum absolute atomic E-state index is 0.0217. The second-order valence-electron chi connectivity index (χ2n) is 7.98. The SMILES string of the molecule is CC1CC(CN)CCN1c1ccc(S(=O)(=O)NCC(O)CN)c(S(N)(=O)=O)c1-c1nn[nH]n1. The molecule has 1 aromatic carbocycles. The highest BCUT2D eigenvalue weighted by Gasteiger charge is 2.35. The van der Waals surface area contributed by atoms with Crippen LogP contribution < -0.4 is 26.2 Å². The van der Waals surface area contributed by atoms with Gasteiger partial charge in [0, 0.05) is 31.4 Å². The minimum atomic E-state index is -4.59. The van der Waals surface area contributed by atoms with Crippen LogP contribution in [-0.4, -0.2) is 80.9 Å². The Bertz CT molecular complexity index is 1170. The number of hydrogen-bond donors (Lipinski definition) is 6. The standard InChI is InChI=1S/C17H29N9O5S2/c1-10-6-11(7-18)4-5-26(10)13-2-3-14(33(30,31)21-9-12(27)8-19)16(32(20,28)29)15(13)17-22-24-25-23-17/h2-3,10-12,21,27H,4-9,18-19H2,1H3,(H2,20,28,29)(H,22,23,24,25). The molecule has 1 aliphatic heterocycles. The fourth-order valence-corrected chi connectivity index (χ4v) is 6.65. The molecule has 1 fully saturated rings. The number of sulfonamides is 2. The molecule has 3 rings (SSSR count). The van der Waals surface area contributed by atoms with Crippen LogP contribution in [0.25, 0.3) is 11.4 Å². The number of primary sulfonamides is 1. The summed E-state index contributed by atoms with van der Waals surface area (Å²) in [6, 6.07) is 2.64. The molecular weight excluding hydrogens is 474 g/mol. The van der Waals surface area contributed by atoms with Crippen LogP contribution in [0.1, 0.15) is 19.8 Å². The highest BCUT2D eigenvalue weighted by Crippen LogP contribution is 2.40. The summed E-state index contributed by atoms with van der Waals surface area (Å²) in [4.78, 5) is 0.695. The van der Waals surface area contributed by atoms with Crippen molar-refractivity contribution in [1.29, 1.82) is 0 Å². The van der Waals surface area contributed by atoms with E-state index in [4.69, 9.17) is 16.6 Å². The van der Waals surface area contributed by atoms with Gasteiger partial charge in [-0.2, -0.15) is 5.21 Å². The third-order valence-electron chi connectivity index (χ3n) is 5.65. The molecule has 0 spiro atoms. The number of piperidine rings is 1. The van der Waals surface area contributed by atoms with E-state index >= 15 is 0 Å². The van der Waals surface area contributed by atoms with Gasteiger partial charge in [0.15, 0.2) is 0 Å². The smallest absolute Gasteiger partial charge is 0.242 e. The monoisotopic (exact) mass is 503 g/mol. The first-order valence-corrected chi connectivity index (χ1v) is 13.3. The van der Waals surface area contributed by atoms with Crippen molar-refractivity contribution in [2.75, 3.05) is 31.1 Å². The maximum Gasteiger partial charge on any atom is 0.242 e. The molecule has 1 saturated heterocycles. The van der Waals surface area contributed by atoms with Crippen LogP contribution >= 0.6 is 0 Å². The number of anilines is 1. The highest BCUT2D eigenvalue weighted by atomic mass is 32.2. The van der Waals surface area contributed by atoms with E-state index in [0.717, 1.165) is 18.9 Å². The van der Waals surface area contributed by atoms with E-state index in [1.54, 1.807) is 0 Å². The topological polar surface area (TPSA) is 236 Å². The zero-order chi connectivity index (χ0) is 24.4. The summed E-state index contributed by atoms with van der Waals surface area (Å²) in [5.41, 5.74) is 11.5. The van der Waals surface area contributed by atoms with Gasteiger partial charge < -0.3 is 21.5 Å². The van der Waals surface area contributed by atoms with E-state index in [1.807, 2.05) is 11.8 Å². The Morgan fingerprint density at radius 3 is 2.58 bits per heavy atom. The van der Waals surface area contributed by atoms with Crippen LogP contribution in [-0.2, 0) is 20.0 Å². The van der Waals surface area contributed by atoms with Crippen molar-refractivity contribution in [1.82, 2.24) is 25.3 Å². The van der Waals surface area contributed by atoms with Gasteiger partial charge >= 0.3 is 0 Å². The number of rotatable bonds is 9. The predicted molar refractivity (Wildman–Crippen MR) is 120 cm³/mol. The highest BCUT2D eigenvalue weighted by molar-refractivity contribution is 7.92. The Hall–Kier alpha value is -2.21. The molecule has 0 bridgehead atoms. The van der Waals surface area contributed by atoms with Gasteiger partial charge in [-0.05, 0) is 49.6 Å². The summed E-state index contributed by atoms with van der Waals surface area (Å²) in [5.74, 6) is 0.196. The van der Waals surface area contributed by atoms with Gasteiger partial charge in [0.1, 0.15) is 9.79 Å². The van der Waals surface area contributed by atoms with Crippen LogP contribution in [0.2, 0.25) is 0 Å². The van der Waals surface area contributed by atoms with Gasteiger partial charge in [-0.25, -0.2) is 26.7 Å². The Morgan fingerprint density at radius 2 is 2.03 bits per heavy atom. The molecule has 0 aliphatic carbocycles. The summed E-state index contributed by atoms with van der Waals surface area (Å²) in [6.07, 6.45) is 0.389. The number of tetrazole rings is 1. The van der Waals surface area contributed by atoms with Crippen LogP contribution in [0, 0.1) is 5.92 Å². The first-order chi connectivity index (χ1) is 15.5. The van der Waals surface area contributed by atoms with Crippen molar-refractivity contribution >= 4 is 25.7 Å². The van der Waals surface area contributed by atoms with E-state index in [9.17, 15) is 21.9 Å². The molecule has 33 heavy (non-hydrogen) atoms. The minimum Gasteiger partial charge on any atom is -0.390 e. The molecule has 2 heterocycles. The van der Waals surface area contributed by atoms with Crippen molar-refractivity contribution in [3.05, 3.63) is 12.1 Å². The van der Waals surface area contributed by atoms with Crippen LogP contribution in [0.5, 0.6) is 0 Å². The second kappa shape index (κ2) is 9.96. The molecule has 16 heteroatoms. The van der Waals surface area contributed by atoms with Gasteiger partial charge in [0.2, 0.25) is 25.9 Å². The number of aliphatic hydroxyl groups is 1. The largest absolute Gasteiger partial charge is 0.390 e. The summed E-state index contributed by atoms with van der Waals surface area (Å²) in [6.45, 7) is 2.47. The van der Waals surface area contributed by atoms with E-state index in [2.05, 4.69) is 25.3 Å². The predicted octanol–water partition coefficient (Wildman–Crippen LogP) is -2.32. The molecule has 3 atom stereocenters. The van der Waals surface area contributed by atoms with E-state index in [1.165, 1.54) is 6.07 Å². The van der Waals surface area contributed by atoms with Gasteiger partial charge in [-0.3, -0.25) is 0 Å². The average molecular weight is 504 g/mol. The summed E-state index contributed by atoms with van der Waals surface area (Å²) in [5, 5.41) is 28.7. The number of aromatic amines is 1. The Balaban J connectivity index is 2.22. The average Bonchev–Trinajstić information content (AvgIpc) is 3.30. The molecule has 0 saturated carbocycles. The fourth-order valence-electron chi connectivity index (χ4n) is 3.98. The van der Waals surface area contributed by atoms with Crippen LogP contribution in [0.4, 0.5) is 5.69 Å². The molecule has 1 aromatic heterocycles. The van der Waals surface area contributed by atoms with E-state index in [-0.39, 0.29) is 24.0 Å². The van der Waals surface area contributed by atoms with Crippen molar-refractivity contribution in [3.8, 4) is 11.4 Å². The lowest BCUT2D eigenvalue weighted by atomic mass is 9.91. The van der Waals surface area contributed by atoms with E-state index < -0.39 is 42.5 Å². The zero-order valence-electron chi connectivity index (χ0n) is 18.0. The molecular formula is C17H29N9O5S2. The van der Waals surface area contributed by atoms with Crippen molar-refractivity contribution in [2.24, 2.45) is 22.5 Å². The lowest BCUT2D eigenvalue weighted by molar-refractivity contribution is 0.186. The van der Waals surface area contributed by atoms with Crippen LogP contribution in [0.15, 0.2) is 21.9 Å². The Kier molecular flexibility index (Phi) is 7.67. The maximum absolute atomic E-state index is 13.0. The van der Waals surface area contributed by atoms with Gasteiger partial charge in [0.05, 0.1) is 11.7 Å². The number of H-pyrrole nitrogens is 1. The molecule has 14 nitrogen and oxygen atoms in total. The summed E-state index contributed by atoms with van der Waals surface area (Å²) >= 11 is 0. The maximum atomic E-state index is 13.0. The number of nitrogens with two attached hydrogens (primary N) is 3. The quantitative estimate of drug-likeness (QED) is 0.212. The third-order valence-corrected chi connectivity index (χ3v) is 8.24. The van der Waals surface area contributed by atoms with Gasteiger partial charge in [0.25, 0.3) is 0 Å². The van der Waals surface area contributed by atoms with Gasteiger partial charge in [-0.15, -0.1) is 10.2 Å². The molecule has 184 valence electrons. The zero-order valence-corrected chi connectivity index (χ0v) is 19.7. The lowest BCUT2D eigenvalue weighted by Gasteiger charge is -2.40. The Labute approximate surface area is 192 Å². The molecule has 2 aromatic rings. The first kappa shape index (κ1) is 25.4. The number of hydrogen-bond acceptors (Lipinski definition) is 11. The molecule has 0 amide bonds. The molecule has 3 unspecified atom stereocenters. The summed E-state index contributed by atoms with van der Waals surface area (Å²) in [7, 11) is -9.00. The number of nitrogens with zero attached hydrogens (tertiary/aromatic N) is 4. The van der Waals surface area contributed by atoms with Crippen molar-refractivity contribution in [3.63, 3.8) is 0 Å². The second-order valence-corrected chi connectivity index (χ2v) is 11.2. The molecule has 1 aliphatic rings. The Morgan fingerprint density at radius 1 is 1.30 bits per heavy atom. The van der Waals surface area contributed by atoms with Gasteiger partial charge in [-0.1, -0.05) is 0 Å². The number of nitrogens with one attached hydrogen (secondary N) is 2. The number of aliphatic hydroxyl groups excluding tert-OH is 1. The van der Waals surface area contributed by atoms with Crippen molar-refractivity contribution in [2.45, 2.75) is 41.7 Å². The lowest BCUT2D eigenvalue weighted by Crippen LogP contribution is -2.43. The normalized spacial score (nSPS) is 20.7. The van der Waals surface area contributed by atoms with Crippen LogP contribution in [0.3, 0.4) is 0 Å². The van der Waals surface area contributed by atoms with Crippen molar-refractivity contribution < 1.29 is 21.9 Å². The summed E-state index contributed by atoms with van der Waals surface area (Å²) < 4.78 is 53.6. The molecule has 0 radical (unpaired) electrons. The third kappa shape index (κ3) is 5.48. The number of aromatic nitrogens is 4. The fraction of sp³-hybridized carbons (Fsp3) is 0.588. The first-order valence-electron chi connectivity index (χ1n) is 10.3. The molecule has 9 N–H and O–H groups in total.